The predicted octanol–water partition coefficient (Wildman–Crippen LogP) is 5.85. The number of phenols is 1. The minimum absolute atomic E-state index is 0.0108. The second-order valence-corrected chi connectivity index (χ2v) is 8.38. The van der Waals surface area contributed by atoms with Crippen molar-refractivity contribution in [3.05, 3.63) is 107 Å². The van der Waals surface area contributed by atoms with E-state index in [1.807, 2.05) is 0 Å². The van der Waals surface area contributed by atoms with Crippen LogP contribution in [0.25, 0.3) is 0 Å². The summed E-state index contributed by atoms with van der Waals surface area (Å²) in [4.78, 5) is 24.0. The number of nitro benzene ring substituents is 1. The second kappa shape index (κ2) is 10.9. The highest BCUT2D eigenvalue weighted by molar-refractivity contribution is 6.03. The molecule has 0 fully saturated rings. The third-order valence-electron chi connectivity index (χ3n) is 5.93. The zero-order valence-corrected chi connectivity index (χ0v) is 19.6. The molecule has 7 heteroatoms. The molecule has 0 aromatic heterocycles. The molecule has 0 bridgehead atoms. The lowest BCUT2D eigenvalue weighted by molar-refractivity contribution is -0.384. The van der Waals surface area contributed by atoms with Crippen LogP contribution in [0.1, 0.15) is 39.9 Å². The topological polar surface area (TPSA) is 98.9 Å². The maximum absolute atomic E-state index is 13.5. The predicted molar refractivity (Wildman–Crippen MR) is 136 cm³/mol. The number of hydrogen-bond donors (Lipinski definition) is 1. The standard InChI is InChI=1S/C28H29NO6/c1-5-9-21-22(10-6-2)27-25(23(11-7-3)26(21)31)24(30)17-28(35-27,16-8-4)18-34-20-14-12-19(13-15-20)29(32)33/h5-8,12-15,31H,1-4,9-11,16-18H2. The monoisotopic (exact) mass is 475 g/mol. The number of ether oxygens (including phenoxy) is 2. The zero-order chi connectivity index (χ0) is 25.6. The van der Waals surface area contributed by atoms with Crippen molar-refractivity contribution in [1.29, 1.82) is 0 Å². The van der Waals surface area contributed by atoms with Crippen LogP contribution in [0.2, 0.25) is 0 Å². The van der Waals surface area contributed by atoms with Crippen LogP contribution >= 0.6 is 0 Å². The van der Waals surface area contributed by atoms with E-state index in [4.69, 9.17) is 9.47 Å². The Hall–Kier alpha value is -4.13. The first-order chi connectivity index (χ1) is 16.8. The van der Waals surface area contributed by atoms with Crippen molar-refractivity contribution < 1.29 is 24.3 Å². The Bertz CT molecular complexity index is 1180. The number of hydrogen-bond acceptors (Lipinski definition) is 6. The number of nitro groups is 1. The normalized spacial score (nSPS) is 16.5. The largest absolute Gasteiger partial charge is 0.507 e. The molecule has 1 aliphatic heterocycles. The smallest absolute Gasteiger partial charge is 0.269 e. The van der Waals surface area contributed by atoms with E-state index in [0.29, 0.717) is 59.4 Å². The first-order valence-electron chi connectivity index (χ1n) is 11.2. The van der Waals surface area contributed by atoms with Gasteiger partial charge in [0.15, 0.2) is 11.4 Å². The van der Waals surface area contributed by atoms with E-state index in [9.17, 15) is 20.0 Å². The number of ketones is 1. The van der Waals surface area contributed by atoms with Gasteiger partial charge in [-0.05, 0) is 31.4 Å². The highest BCUT2D eigenvalue weighted by atomic mass is 16.6. The molecule has 7 nitrogen and oxygen atoms in total. The van der Waals surface area contributed by atoms with E-state index < -0.39 is 10.5 Å². The minimum atomic E-state index is -1.04. The van der Waals surface area contributed by atoms with Crippen molar-refractivity contribution in [1.82, 2.24) is 0 Å². The Morgan fingerprint density at radius 3 is 2.17 bits per heavy atom. The Morgan fingerprint density at radius 2 is 1.60 bits per heavy atom. The Balaban J connectivity index is 2.08. The number of benzene rings is 2. The highest BCUT2D eigenvalue weighted by Crippen LogP contribution is 2.46. The van der Waals surface area contributed by atoms with Crippen LogP contribution < -0.4 is 9.47 Å². The van der Waals surface area contributed by atoms with Crippen molar-refractivity contribution in [3.8, 4) is 17.2 Å². The number of Topliss-reactive ketones (excluding diaryl/α,β-unsaturated/α-hetero) is 1. The van der Waals surface area contributed by atoms with Crippen molar-refractivity contribution >= 4 is 11.5 Å². The van der Waals surface area contributed by atoms with Crippen molar-refractivity contribution in [3.63, 3.8) is 0 Å². The number of fused-ring (bicyclic) bond motifs is 1. The Kier molecular flexibility index (Phi) is 7.91. The van der Waals surface area contributed by atoms with E-state index in [2.05, 4.69) is 26.3 Å². The molecule has 1 atom stereocenters. The van der Waals surface area contributed by atoms with Gasteiger partial charge in [0.2, 0.25) is 0 Å². The number of aromatic hydroxyl groups is 1. The minimum Gasteiger partial charge on any atom is -0.507 e. The van der Waals surface area contributed by atoms with Crippen LogP contribution in [-0.2, 0) is 19.3 Å². The molecule has 0 saturated heterocycles. The molecule has 0 spiro atoms. The first kappa shape index (κ1) is 25.5. The van der Waals surface area contributed by atoms with Crippen molar-refractivity contribution in [2.45, 2.75) is 37.7 Å². The maximum Gasteiger partial charge on any atom is 0.269 e. The number of non-ortho nitro benzene ring substituents is 1. The van der Waals surface area contributed by atoms with Gasteiger partial charge >= 0.3 is 0 Å². The summed E-state index contributed by atoms with van der Waals surface area (Å²) >= 11 is 0. The van der Waals surface area contributed by atoms with Gasteiger partial charge in [-0.25, -0.2) is 0 Å². The molecule has 1 aliphatic rings. The van der Waals surface area contributed by atoms with Gasteiger partial charge in [-0.15, -0.1) is 26.3 Å². The lowest BCUT2D eigenvalue weighted by Crippen LogP contribution is -2.47. The SMILES string of the molecule is C=CCc1c(O)c(CC=C)c2c(c1CC=C)OC(CC=C)(COc1ccc([N+](=O)[O-])cc1)CC2=O. The van der Waals surface area contributed by atoms with Crippen LogP contribution in [0.15, 0.2) is 74.9 Å². The zero-order valence-electron chi connectivity index (χ0n) is 19.6. The molecule has 2 aromatic carbocycles. The number of phenolic OH excluding ortho intramolecular Hbond substituents is 1. The lowest BCUT2D eigenvalue weighted by atomic mass is 9.81. The number of carbonyl (C=O) groups is 1. The molecule has 3 rings (SSSR count). The van der Waals surface area contributed by atoms with Crippen LogP contribution in [0.3, 0.4) is 0 Å². The number of allylic oxidation sites excluding steroid dienone is 3. The summed E-state index contributed by atoms with van der Waals surface area (Å²) in [5.74, 6) is 0.693. The third kappa shape index (κ3) is 5.19. The van der Waals surface area contributed by atoms with Crippen LogP contribution in [-0.4, -0.2) is 28.0 Å². The molecule has 0 saturated carbocycles. The fourth-order valence-corrected chi connectivity index (χ4v) is 4.37. The fourth-order valence-electron chi connectivity index (χ4n) is 4.37. The van der Waals surface area contributed by atoms with Crippen LogP contribution in [0.4, 0.5) is 5.69 Å². The van der Waals surface area contributed by atoms with E-state index in [0.717, 1.165) is 0 Å². The van der Waals surface area contributed by atoms with Gasteiger partial charge in [0.05, 0.1) is 16.9 Å². The summed E-state index contributed by atoms with van der Waals surface area (Å²) in [5, 5.41) is 22.0. The lowest BCUT2D eigenvalue weighted by Gasteiger charge is -2.39. The van der Waals surface area contributed by atoms with Crippen molar-refractivity contribution in [2.24, 2.45) is 0 Å². The van der Waals surface area contributed by atoms with Crippen LogP contribution in [0, 0.1) is 10.1 Å². The number of rotatable bonds is 12. The van der Waals surface area contributed by atoms with Gasteiger partial charge in [0.25, 0.3) is 5.69 Å². The molecule has 0 amide bonds. The summed E-state index contributed by atoms with van der Waals surface area (Å²) < 4.78 is 12.5. The van der Waals surface area contributed by atoms with Crippen LogP contribution in [0.5, 0.6) is 17.2 Å². The summed E-state index contributed by atoms with van der Waals surface area (Å²) in [6, 6.07) is 5.71. The van der Waals surface area contributed by atoms with E-state index in [-0.39, 0.29) is 30.2 Å². The van der Waals surface area contributed by atoms with Gasteiger partial charge in [0.1, 0.15) is 23.9 Å². The van der Waals surface area contributed by atoms with Gasteiger partial charge in [-0.1, -0.05) is 24.3 Å². The molecule has 182 valence electrons. The molecular formula is C28H29NO6. The number of nitrogens with zero attached hydrogens (tertiary/aromatic N) is 1. The maximum atomic E-state index is 13.5. The summed E-state index contributed by atoms with van der Waals surface area (Å²) in [5.41, 5.74) is 1.05. The van der Waals surface area contributed by atoms with E-state index in [1.165, 1.54) is 24.3 Å². The molecule has 2 aromatic rings. The third-order valence-corrected chi connectivity index (χ3v) is 5.93. The molecule has 1 unspecified atom stereocenters. The average Bonchev–Trinajstić information content (AvgIpc) is 2.83. The Labute approximate surface area is 204 Å². The molecule has 0 aliphatic carbocycles. The second-order valence-electron chi connectivity index (χ2n) is 8.38. The highest BCUT2D eigenvalue weighted by Gasteiger charge is 2.43. The summed E-state index contributed by atoms with van der Waals surface area (Å²) in [6.45, 7) is 15.2. The fraction of sp³-hybridized carbons (Fsp3) is 0.250. The van der Waals surface area contributed by atoms with Gasteiger partial charge < -0.3 is 14.6 Å². The molecule has 0 radical (unpaired) electrons. The number of carbonyl (C=O) groups excluding carboxylic acids is 1. The molecule has 1 heterocycles. The first-order valence-corrected chi connectivity index (χ1v) is 11.2. The molecule has 1 N–H and O–H groups in total. The van der Waals surface area contributed by atoms with E-state index >= 15 is 0 Å². The summed E-state index contributed by atoms with van der Waals surface area (Å²) in [6.07, 6.45) is 8.09. The van der Waals surface area contributed by atoms with E-state index in [1.54, 1.807) is 24.3 Å². The van der Waals surface area contributed by atoms with Gasteiger partial charge in [0, 0.05) is 35.2 Å². The van der Waals surface area contributed by atoms with Crippen molar-refractivity contribution in [2.75, 3.05) is 6.61 Å². The van der Waals surface area contributed by atoms with Gasteiger partial charge in [-0.3, -0.25) is 14.9 Å². The summed E-state index contributed by atoms with van der Waals surface area (Å²) in [7, 11) is 0. The molecular weight excluding hydrogens is 446 g/mol. The van der Waals surface area contributed by atoms with Gasteiger partial charge in [-0.2, -0.15) is 0 Å². The molecule has 35 heavy (non-hydrogen) atoms. The quantitative estimate of drug-likeness (QED) is 0.235. The Morgan fingerprint density at radius 1 is 1.00 bits per heavy atom. The average molecular weight is 476 g/mol.